The zero-order valence-electron chi connectivity index (χ0n) is 7.74. The van der Waals surface area contributed by atoms with Crippen LogP contribution in [-0.2, 0) is 16.0 Å². The fraction of sp³-hybridized carbons (Fsp3) is 0.444. The molecule has 72 valence electrons. The number of rotatable bonds is 3. The van der Waals surface area contributed by atoms with Crippen LogP contribution in [0.4, 0.5) is 0 Å². The van der Waals surface area contributed by atoms with E-state index in [2.05, 4.69) is 4.74 Å². The SMILES string of the molecule is COC(=O)[C@@H](N)Cc1sccc1C. The molecule has 0 spiro atoms. The van der Waals surface area contributed by atoms with Crippen molar-refractivity contribution in [3.05, 3.63) is 21.9 Å². The number of nitrogens with two attached hydrogens (primary N) is 1. The molecule has 3 nitrogen and oxygen atoms in total. The van der Waals surface area contributed by atoms with Gasteiger partial charge in [0.25, 0.3) is 0 Å². The van der Waals surface area contributed by atoms with E-state index in [-0.39, 0.29) is 5.97 Å². The van der Waals surface area contributed by atoms with Crippen molar-refractivity contribution < 1.29 is 9.53 Å². The van der Waals surface area contributed by atoms with E-state index in [0.29, 0.717) is 6.42 Å². The van der Waals surface area contributed by atoms with Crippen LogP contribution in [0.25, 0.3) is 0 Å². The van der Waals surface area contributed by atoms with Gasteiger partial charge in [0, 0.05) is 11.3 Å². The molecule has 0 saturated heterocycles. The minimum atomic E-state index is -0.539. The zero-order chi connectivity index (χ0) is 9.84. The maximum atomic E-state index is 11.0. The van der Waals surface area contributed by atoms with Crippen molar-refractivity contribution in [1.82, 2.24) is 0 Å². The molecule has 0 amide bonds. The van der Waals surface area contributed by atoms with Crippen molar-refractivity contribution in [3.8, 4) is 0 Å². The van der Waals surface area contributed by atoms with Crippen LogP contribution in [0.15, 0.2) is 11.4 Å². The lowest BCUT2D eigenvalue weighted by Crippen LogP contribution is -2.33. The first-order valence-corrected chi connectivity index (χ1v) is 4.89. The Hall–Kier alpha value is -0.870. The number of esters is 1. The number of thiophene rings is 1. The van der Waals surface area contributed by atoms with Gasteiger partial charge in [-0.05, 0) is 23.9 Å². The Balaban J connectivity index is 2.59. The maximum absolute atomic E-state index is 11.0. The Morgan fingerprint density at radius 3 is 2.92 bits per heavy atom. The van der Waals surface area contributed by atoms with Gasteiger partial charge in [-0.25, -0.2) is 0 Å². The van der Waals surface area contributed by atoms with Crippen molar-refractivity contribution in [2.24, 2.45) is 5.73 Å². The summed E-state index contributed by atoms with van der Waals surface area (Å²) in [4.78, 5) is 12.2. The van der Waals surface area contributed by atoms with Gasteiger partial charge in [-0.15, -0.1) is 11.3 Å². The molecule has 4 heteroatoms. The van der Waals surface area contributed by atoms with Crippen molar-refractivity contribution in [2.75, 3.05) is 7.11 Å². The molecular weight excluding hydrogens is 186 g/mol. The fourth-order valence-corrected chi connectivity index (χ4v) is 2.01. The van der Waals surface area contributed by atoms with Crippen LogP contribution < -0.4 is 5.73 Å². The normalized spacial score (nSPS) is 12.5. The van der Waals surface area contributed by atoms with Crippen molar-refractivity contribution in [2.45, 2.75) is 19.4 Å². The summed E-state index contributed by atoms with van der Waals surface area (Å²) in [6, 6.07) is 1.48. The third-order valence-electron chi connectivity index (χ3n) is 1.88. The number of ether oxygens (including phenoxy) is 1. The standard InChI is InChI=1S/C9H13NO2S/c1-6-3-4-13-8(6)5-7(10)9(11)12-2/h3-4,7H,5,10H2,1-2H3/t7-/m0/s1. The van der Waals surface area contributed by atoms with Crippen LogP contribution in [0, 0.1) is 6.92 Å². The Bertz CT molecular complexity index is 296. The largest absolute Gasteiger partial charge is 0.468 e. The van der Waals surface area contributed by atoms with Crippen LogP contribution in [0.2, 0.25) is 0 Å². The predicted octanol–water partition coefficient (Wildman–Crippen LogP) is 1.10. The third kappa shape index (κ3) is 2.54. The molecule has 0 aliphatic rings. The van der Waals surface area contributed by atoms with Crippen molar-refractivity contribution in [3.63, 3.8) is 0 Å². The highest BCUT2D eigenvalue weighted by atomic mass is 32.1. The molecule has 0 unspecified atom stereocenters. The van der Waals surface area contributed by atoms with Gasteiger partial charge in [-0.1, -0.05) is 0 Å². The van der Waals surface area contributed by atoms with Crippen molar-refractivity contribution >= 4 is 17.3 Å². The predicted molar refractivity (Wildman–Crippen MR) is 52.8 cm³/mol. The molecule has 0 saturated carbocycles. The van der Waals surface area contributed by atoms with Gasteiger partial charge in [0.05, 0.1) is 7.11 Å². The molecular formula is C9H13NO2S. The lowest BCUT2D eigenvalue weighted by atomic mass is 10.1. The molecule has 0 aliphatic heterocycles. The molecule has 2 N–H and O–H groups in total. The summed E-state index contributed by atoms with van der Waals surface area (Å²) in [5.74, 6) is -0.354. The molecule has 1 rings (SSSR count). The van der Waals surface area contributed by atoms with Crippen molar-refractivity contribution in [1.29, 1.82) is 0 Å². The average Bonchev–Trinajstić information content (AvgIpc) is 2.50. The molecule has 0 radical (unpaired) electrons. The van der Waals surface area contributed by atoms with E-state index in [9.17, 15) is 4.79 Å². The first kappa shape index (κ1) is 10.2. The van der Waals surface area contributed by atoms with E-state index in [1.807, 2.05) is 18.4 Å². The third-order valence-corrected chi connectivity index (χ3v) is 2.92. The minimum Gasteiger partial charge on any atom is -0.468 e. The van der Waals surface area contributed by atoms with Crippen LogP contribution in [0.5, 0.6) is 0 Å². The highest BCUT2D eigenvalue weighted by Crippen LogP contribution is 2.17. The smallest absolute Gasteiger partial charge is 0.323 e. The first-order chi connectivity index (χ1) is 6.15. The molecule has 1 aromatic rings. The van der Waals surface area contributed by atoms with Crippen LogP contribution >= 0.6 is 11.3 Å². The monoisotopic (exact) mass is 199 g/mol. The molecule has 1 heterocycles. The van der Waals surface area contributed by atoms with Gasteiger partial charge in [0.15, 0.2) is 0 Å². The Morgan fingerprint density at radius 2 is 2.46 bits per heavy atom. The summed E-state index contributed by atoms with van der Waals surface area (Å²) < 4.78 is 4.54. The maximum Gasteiger partial charge on any atom is 0.323 e. The Morgan fingerprint density at radius 1 is 1.77 bits per heavy atom. The molecule has 0 fully saturated rings. The van der Waals surface area contributed by atoms with Gasteiger partial charge in [0.2, 0.25) is 0 Å². The lowest BCUT2D eigenvalue weighted by Gasteiger charge is -2.07. The van der Waals surface area contributed by atoms with E-state index >= 15 is 0 Å². The molecule has 0 aliphatic carbocycles. The quantitative estimate of drug-likeness (QED) is 0.742. The van der Waals surface area contributed by atoms with Crippen LogP contribution in [0.1, 0.15) is 10.4 Å². The second-order valence-corrected chi connectivity index (χ2v) is 3.86. The zero-order valence-corrected chi connectivity index (χ0v) is 8.56. The summed E-state index contributed by atoms with van der Waals surface area (Å²) >= 11 is 1.62. The van der Waals surface area contributed by atoms with E-state index in [4.69, 9.17) is 5.73 Å². The van der Waals surface area contributed by atoms with Crippen LogP contribution in [0.3, 0.4) is 0 Å². The topological polar surface area (TPSA) is 52.3 Å². The first-order valence-electron chi connectivity index (χ1n) is 4.01. The molecule has 1 atom stereocenters. The average molecular weight is 199 g/mol. The highest BCUT2D eigenvalue weighted by molar-refractivity contribution is 7.10. The summed E-state index contributed by atoms with van der Waals surface area (Å²) in [5, 5.41) is 1.99. The lowest BCUT2D eigenvalue weighted by molar-refractivity contribution is -0.142. The highest BCUT2D eigenvalue weighted by Gasteiger charge is 2.15. The Kier molecular flexibility index (Phi) is 3.45. The van der Waals surface area contributed by atoms with E-state index in [1.165, 1.54) is 12.7 Å². The number of hydrogen-bond donors (Lipinski definition) is 1. The van der Waals surface area contributed by atoms with Gasteiger partial charge < -0.3 is 10.5 Å². The van der Waals surface area contributed by atoms with E-state index < -0.39 is 6.04 Å². The number of carbonyl (C=O) groups excluding carboxylic acids is 1. The number of aryl methyl sites for hydroxylation is 1. The number of carbonyl (C=O) groups is 1. The molecule has 0 aromatic carbocycles. The summed E-state index contributed by atoms with van der Waals surface area (Å²) in [6.45, 7) is 2.01. The molecule has 13 heavy (non-hydrogen) atoms. The second-order valence-electron chi connectivity index (χ2n) is 2.86. The van der Waals surface area contributed by atoms with Gasteiger partial charge in [-0.3, -0.25) is 4.79 Å². The number of hydrogen-bond acceptors (Lipinski definition) is 4. The van der Waals surface area contributed by atoms with E-state index in [1.54, 1.807) is 11.3 Å². The van der Waals surface area contributed by atoms with Gasteiger partial charge in [-0.2, -0.15) is 0 Å². The fourth-order valence-electron chi connectivity index (χ4n) is 1.05. The molecule has 0 bridgehead atoms. The van der Waals surface area contributed by atoms with E-state index in [0.717, 1.165) is 4.88 Å². The Labute approximate surface area is 81.5 Å². The molecule has 1 aromatic heterocycles. The van der Waals surface area contributed by atoms with Gasteiger partial charge in [0.1, 0.15) is 6.04 Å². The van der Waals surface area contributed by atoms with Crippen LogP contribution in [-0.4, -0.2) is 19.1 Å². The second kappa shape index (κ2) is 4.39. The summed E-state index contributed by atoms with van der Waals surface area (Å²) in [6.07, 6.45) is 0.566. The summed E-state index contributed by atoms with van der Waals surface area (Å²) in [5.41, 5.74) is 6.80. The minimum absolute atomic E-state index is 0.354. The van der Waals surface area contributed by atoms with Gasteiger partial charge >= 0.3 is 5.97 Å². The summed E-state index contributed by atoms with van der Waals surface area (Å²) in [7, 11) is 1.35. The number of methoxy groups -OCH3 is 1.